The molecule has 1 aliphatic rings. The second-order valence-electron chi connectivity index (χ2n) is 6.19. The topological polar surface area (TPSA) is 69.8 Å². The van der Waals surface area contributed by atoms with E-state index < -0.39 is 6.03 Å². The average Bonchev–Trinajstić information content (AvgIpc) is 2.60. The second kappa shape index (κ2) is 7.36. The average molecular weight is 325 g/mol. The molecule has 0 bridgehead atoms. The third-order valence-electron chi connectivity index (χ3n) is 4.46. The lowest BCUT2D eigenvalue weighted by Crippen LogP contribution is -2.33. The predicted octanol–water partition coefficient (Wildman–Crippen LogP) is 2.95. The summed E-state index contributed by atoms with van der Waals surface area (Å²) in [5, 5.41) is 10.0. The molecule has 1 heterocycles. The summed E-state index contributed by atoms with van der Waals surface area (Å²) in [5.74, 6) is 0. The molecule has 2 aromatic rings. The van der Waals surface area contributed by atoms with Crippen LogP contribution in [0.1, 0.15) is 23.1 Å². The molecule has 2 amide bonds. The molecule has 5 heteroatoms. The van der Waals surface area contributed by atoms with Crippen molar-refractivity contribution in [3.8, 4) is 0 Å². The van der Waals surface area contributed by atoms with E-state index in [2.05, 4.69) is 41.3 Å². The van der Waals surface area contributed by atoms with E-state index in [0.717, 1.165) is 37.9 Å². The Morgan fingerprint density at radius 2 is 1.96 bits per heavy atom. The first-order valence-electron chi connectivity index (χ1n) is 8.30. The van der Waals surface area contributed by atoms with Crippen LogP contribution >= 0.6 is 0 Å². The molecule has 0 aromatic heterocycles. The molecule has 0 unspecified atom stereocenters. The molecule has 0 atom stereocenters. The van der Waals surface area contributed by atoms with Crippen LogP contribution in [0.15, 0.2) is 48.5 Å². The number of benzene rings is 2. The zero-order chi connectivity index (χ0) is 16.9. The molecule has 0 saturated carbocycles. The third kappa shape index (κ3) is 3.86. The summed E-state index contributed by atoms with van der Waals surface area (Å²) in [7, 11) is 0. The van der Waals surface area contributed by atoms with E-state index in [0.29, 0.717) is 5.06 Å². The molecule has 2 aromatic carbocycles. The van der Waals surface area contributed by atoms with Gasteiger partial charge in [-0.25, -0.2) is 9.86 Å². The van der Waals surface area contributed by atoms with Crippen molar-refractivity contribution in [1.82, 2.24) is 5.06 Å². The smallest absolute Gasteiger partial charge is 0.338 e. The number of rotatable bonds is 5. The Balaban J connectivity index is 1.70. The fourth-order valence-corrected chi connectivity index (χ4v) is 3.22. The molecule has 0 saturated heterocycles. The van der Waals surface area contributed by atoms with Crippen LogP contribution in [0, 0.1) is 0 Å². The van der Waals surface area contributed by atoms with Crippen molar-refractivity contribution in [3.05, 3.63) is 65.2 Å². The van der Waals surface area contributed by atoms with Gasteiger partial charge < -0.3 is 10.6 Å². The van der Waals surface area contributed by atoms with Gasteiger partial charge in [0, 0.05) is 18.8 Å². The first-order valence-corrected chi connectivity index (χ1v) is 8.30. The van der Waals surface area contributed by atoms with Crippen LogP contribution in [0.25, 0.3) is 0 Å². The van der Waals surface area contributed by atoms with Gasteiger partial charge in [-0.15, -0.1) is 0 Å². The van der Waals surface area contributed by atoms with E-state index in [4.69, 9.17) is 5.73 Å². The normalized spacial score (nSPS) is 13.5. The van der Waals surface area contributed by atoms with Crippen LogP contribution in [0.2, 0.25) is 0 Å². The summed E-state index contributed by atoms with van der Waals surface area (Å²) in [6.45, 7) is 2.17. The molecule has 126 valence electrons. The predicted molar refractivity (Wildman–Crippen MR) is 94.0 cm³/mol. The first-order chi connectivity index (χ1) is 11.6. The number of hydrogen-bond acceptors (Lipinski definition) is 3. The summed E-state index contributed by atoms with van der Waals surface area (Å²) in [6.07, 6.45) is 3.16. The van der Waals surface area contributed by atoms with Crippen molar-refractivity contribution in [2.45, 2.75) is 25.8 Å². The van der Waals surface area contributed by atoms with Crippen LogP contribution < -0.4 is 10.6 Å². The van der Waals surface area contributed by atoms with Crippen molar-refractivity contribution in [2.24, 2.45) is 5.73 Å². The molecule has 0 fully saturated rings. The maximum Gasteiger partial charge on any atom is 0.338 e. The number of anilines is 1. The van der Waals surface area contributed by atoms with Gasteiger partial charge >= 0.3 is 6.03 Å². The Kier molecular flexibility index (Phi) is 5.01. The molecule has 3 rings (SSSR count). The molecule has 24 heavy (non-hydrogen) atoms. The first kappa shape index (κ1) is 16.3. The lowest BCUT2D eigenvalue weighted by atomic mass is 9.98. The Bertz CT molecular complexity index is 703. The van der Waals surface area contributed by atoms with Gasteiger partial charge in [0.15, 0.2) is 0 Å². The number of carbonyl (C=O) groups is 1. The minimum Gasteiger partial charge on any atom is -0.371 e. The number of urea groups is 1. The number of amides is 2. The summed E-state index contributed by atoms with van der Waals surface area (Å²) in [4.78, 5) is 13.4. The van der Waals surface area contributed by atoms with Gasteiger partial charge in [0.2, 0.25) is 0 Å². The molecular weight excluding hydrogens is 302 g/mol. The number of hydrogen-bond donors (Lipinski definition) is 2. The van der Waals surface area contributed by atoms with Crippen LogP contribution in [-0.4, -0.2) is 29.4 Å². The highest BCUT2D eigenvalue weighted by Gasteiger charge is 2.17. The van der Waals surface area contributed by atoms with Gasteiger partial charge in [-0.1, -0.05) is 42.5 Å². The lowest BCUT2D eigenvalue weighted by Gasteiger charge is -2.32. The van der Waals surface area contributed by atoms with Crippen molar-refractivity contribution in [1.29, 1.82) is 0 Å². The van der Waals surface area contributed by atoms with E-state index in [-0.39, 0.29) is 6.54 Å². The van der Waals surface area contributed by atoms with Crippen LogP contribution in [0.3, 0.4) is 0 Å². The fourth-order valence-electron chi connectivity index (χ4n) is 3.22. The number of fused-ring (bicyclic) bond motifs is 1. The van der Waals surface area contributed by atoms with Crippen molar-refractivity contribution in [2.75, 3.05) is 18.0 Å². The SMILES string of the molecule is NC(=O)N(O)Cc1ccc2c(c1)CCCN2CCc1ccccc1. The minimum atomic E-state index is -0.836. The number of aryl methyl sites for hydroxylation is 1. The van der Waals surface area contributed by atoms with Gasteiger partial charge in [-0.05, 0) is 42.0 Å². The third-order valence-corrected chi connectivity index (χ3v) is 4.46. The second-order valence-corrected chi connectivity index (χ2v) is 6.19. The van der Waals surface area contributed by atoms with E-state index >= 15 is 0 Å². The van der Waals surface area contributed by atoms with Gasteiger partial charge in [-0.2, -0.15) is 0 Å². The van der Waals surface area contributed by atoms with Gasteiger partial charge in [-0.3, -0.25) is 5.21 Å². The summed E-state index contributed by atoms with van der Waals surface area (Å²) in [6, 6.07) is 15.8. The summed E-state index contributed by atoms with van der Waals surface area (Å²) >= 11 is 0. The lowest BCUT2D eigenvalue weighted by molar-refractivity contribution is -0.0470. The van der Waals surface area contributed by atoms with E-state index in [1.807, 2.05) is 12.1 Å². The molecule has 0 aliphatic carbocycles. The molecule has 3 N–H and O–H groups in total. The van der Waals surface area contributed by atoms with Gasteiger partial charge in [0.1, 0.15) is 0 Å². The number of nitrogens with two attached hydrogens (primary N) is 1. The number of carbonyl (C=O) groups excluding carboxylic acids is 1. The van der Waals surface area contributed by atoms with Gasteiger partial charge in [0.25, 0.3) is 0 Å². The Hall–Kier alpha value is -2.53. The molecule has 1 aliphatic heterocycles. The van der Waals surface area contributed by atoms with E-state index in [1.54, 1.807) is 0 Å². The highest BCUT2D eigenvalue weighted by Crippen LogP contribution is 2.28. The molecule has 0 radical (unpaired) electrons. The maximum atomic E-state index is 11.0. The highest BCUT2D eigenvalue weighted by molar-refractivity contribution is 5.70. The fraction of sp³-hybridized carbons (Fsp3) is 0.316. The Morgan fingerprint density at radius 3 is 2.71 bits per heavy atom. The van der Waals surface area contributed by atoms with Crippen LogP contribution in [0.5, 0.6) is 0 Å². The standard InChI is InChI=1S/C19H23N3O2/c20-19(23)22(24)14-16-8-9-18-17(13-16)7-4-11-21(18)12-10-15-5-2-1-3-6-15/h1-3,5-6,8-9,13,24H,4,7,10-12,14H2,(H2,20,23). The largest absolute Gasteiger partial charge is 0.371 e. The molecular formula is C19H23N3O2. The van der Waals surface area contributed by atoms with Crippen molar-refractivity contribution < 1.29 is 10.0 Å². The number of nitrogens with zero attached hydrogens (tertiary/aromatic N) is 2. The highest BCUT2D eigenvalue weighted by atomic mass is 16.5. The van der Waals surface area contributed by atoms with Crippen molar-refractivity contribution in [3.63, 3.8) is 0 Å². The summed E-state index contributed by atoms with van der Waals surface area (Å²) in [5.41, 5.74) is 9.82. The maximum absolute atomic E-state index is 11.0. The number of primary amides is 1. The minimum absolute atomic E-state index is 0.118. The zero-order valence-electron chi connectivity index (χ0n) is 13.7. The van der Waals surface area contributed by atoms with E-state index in [1.165, 1.54) is 16.8 Å². The number of hydroxylamine groups is 2. The van der Waals surface area contributed by atoms with Crippen molar-refractivity contribution >= 4 is 11.7 Å². The monoisotopic (exact) mass is 325 g/mol. The summed E-state index contributed by atoms with van der Waals surface area (Å²) < 4.78 is 0. The quantitative estimate of drug-likeness (QED) is 0.656. The van der Waals surface area contributed by atoms with E-state index in [9.17, 15) is 10.0 Å². The molecule has 5 nitrogen and oxygen atoms in total. The van der Waals surface area contributed by atoms with Crippen LogP contribution in [-0.2, 0) is 19.4 Å². The Labute approximate surface area is 142 Å². The zero-order valence-corrected chi connectivity index (χ0v) is 13.7. The molecule has 0 spiro atoms. The van der Waals surface area contributed by atoms with Crippen LogP contribution in [0.4, 0.5) is 10.5 Å². The Morgan fingerprint density at radius 1 is 1.17 bits per heavy atom. The van der Waals surface area contributed by atoms with Gasteiger partial charge in [0.05, 0.1) is 6.54 Å².